The van der Waals surface area contributed by atoms with Gasteiger partial charge >= 0.3 is 6.36 Å². The average molecular weight is 234 g/mol. The minimum Gasteiger partial charge on any atom is -0.508 e. The van der Waals surface area contributed by atoms with E-state index in [1.54, 1.807) is 0 Å². The highest BCUT2D eigenvalue weighted by atomic mass is 19.4. The van der Waals surface area contributed by atoms with E-state index in [1.165, 1.54) is 13.0 Å². The Balaban J connectivity index is 2.94. The SMILES string of the molecule is CC(=O)Cc1cc(O)cc(OC(F)(F)F)c1. The van der Waals surface area contributed by atoms with Gasteiger partial charge in [0.05, 0.1) is 0 Å². The smallest absolute Gasteiger partial charge is 0.508 e. The molecule has 0 radical (unpaired) electrons. The van der Waals surface area contributed by atoms with Crippen LogP contribution in [0.15, 0.2) is 18.2 Å². The number of ketones is 1. The zero-order chi connectivity index (χ0) is 12.3. The molecule has 88 valence electrons. The largest absolute Gasteiger partial charge is 0.573 e. The van der Waals surface area contributed by atoms with Gasteiger partial charge in [-0.2, -0.15) is 0 Å². The quantitative estimate of drug-likeness (QED) is 0.873. The number of benzene rings is 1. The second-order valence-electron chi connectivity index (χ2n) is 3.26. The number of hydrogen-bond acceptors (Lipinski definition) is 3. The lowest BCUT2D eigenvalue weighted by Crippen LogP contribution is -2.17. The van der Waals surface area contributed by atoms with Crippen LogP contribution >= 0.6 is 0 Å². The molecule has 0 aromatic heterocycles. The first-order valence-corrected chi connectivity index (χ1v) is 4.34. The lowest BCUT2D eigenvalue weighted by molar-refractivity contribution is -0.274. The Bertz CT molecular complexity index is 399. The number of carbonyl (C=O) groups excluding carboxylic acids is 1. The van der Waals surface area contributed by atoms with Crippen molar-refractivity contribution < 1.29 is 27.8 Å². The van der Waals surface area contributed by atoms with Crippen LogP contribution in [0.2, 0.25) is 0 Å². The first kappa shape index (κ1) is 12.4. The van der Waals surface area contributed by atoms with E-state index in [9.17, 15) is 18.0 Å². The Kier molecular flexibility index (Phi) is 3.41. The Labute approximate surface area is 89.5 Å². The molecular formula is C10H9F3O3. The van der Waals surface area contributed by atoms with Gasteiger partial charge in [-0.05, 0) is 24.6 Å². The number of carbonyl (C=O) groups is 1. The molecule has 16 heavy (non-hydrogen) atoms. The molecule has 1 N–H and O–H groups in total. The molecule has 0 aliphatic rings. The molecule has 0 saturated heterocycles. The lowest BCUT2D eigenvalue weighted by atomic mass is 10.1. The minimum absolute atomic E-state index is 0.0530. The summed E-state index contributed by atoms with van der Waals surface area (Å²) >= 11 is 0. The van der Waals surface area contributed by atoms with Crippen LogP contribution < -0.4 is 4.74 Å². The van der Waals surface area contributed by atoms with Gasteiger partial charge in [-0.3, -0.25) is 4.79 Å². The highest BCUT2D eigenvalue weighted by molar-refractivity contribution is 5.78. The van der Waals surface area contributed by atoms with E-state index < -0.39 is 12.1 Å². The van der Waals surface area contributed by atoms with Gasteiger partial charge in [0.25, 0.3) is 0 Å². The molecule has 1 rings (SSSR count). The Morgan fingerprint density at radius 2 is 2.00 bits per heavy atom. The maximum absolute atomic E-state index is 11.9. The van der Waals surface area contributed by atoms with Crippen molar-refractivity contribution in [2.45, 2.75) is 19.7 Å². The summed E-state index contributed by atoms with van der Waals surface area (Å²) in [7, 11) is 0. The summed E-state index contributed by atoms with van der Waals surface area (Å²) in [5, 5.41) is 9.14. The third-order valence-electron chi connectivity index (χ3n) is 1.64. The van der Waals surface area contributed by atoms with E-state index in [2.05, 4.69) is 4.74 Å². The fourth-order valence-electron chi connectivity index (χ4n) is 1.23. The van der Waals surface area contributed by atoms with E-state index in [0.29, 0.717) is 0 Å². The number of aromatic hydroxyl groups is 1. The molecule has 0 spiro atoms. The van der Waals surface area contributed by atoms with Crippen molar-refractivity contribution in [1.82, 2.24) is 0 Å². The second-order valence-corrected chi connectivity index (χ2v) is 3.26. The van der Waals surface area contributed by atoms with Gasteiger partial charge in [-0.25, -0.2) is 0 Å². The van der Waals surface area contributed by atoms with Crippen LogP contribution in [0.4, 0.5) is 13.2 Å². The van der Waals surface area contributed by atoms with Crippen molar-refractivity contribution in [3.05, 3.63) is 23.8 Å². The normalized spacial score (nSPS) is 11.2. The Morgan fingerprint density at radius 3 is 2.50 bits per heavy atom. The number of phenolic OH excluding ortho intramolecular Hbond substituents is 1. The number of Topliss-reactive ketones (excluding diaryl/α,β-unsaturated/α-hetero) is 1. The minimum atomic E-state index is -4.82. The van der Waals surface area contributed by atoms with Crippen molar-refractivity contribution in [1.29, 1.82) is 0 Å². The zero-order valence-electron chi connectivity index (χ0n) is 8.34. The number of alkyl halides is 3. The van der Waals surface area contributed by atoms with Crippen LogP contribution in [0.1, 0.15) is 12.5 Å². The van der Waals surface area contributed by atoms with E-state index in [-0.39, 0.29) is 23.5 Å². The van der Waals surface area contributed by atoms with Crippen LogP contribution in [0.5, 0.6) is 11.5 Å². The number of phenols is 1. The van der Waals surface area contributed by atoms with Crippen LogP contribution in [-0.2, 0) is 11.2 Å². The summed E-state index contributed by atoms with van der Waals surface area (Å²) in [6.07, 6.45) is -4.87. The van der Waals surface area contributed by atoms with Gasteiger partial charge in [0.2, 0.25) is 0 Å². The molecule has 0 amide bonds. The van der Waals surface area contributed by atoms with Crippen LogP contribution in [0, 0.1) is 0 Å². The third-order valence-corrected chi connectivity index (χ3v) is 1.64. The molecule has 0 atom stereocenters. The van der Waals surface area contributed by atoms with E-state index >= 15 is 0 Å². The molecule has 1 aromatic carbocycles. The fraction of sp³-hybridized carbons (Fsp3) is 0.300. The van der Waals surface area contributed by atoms with Crippen molar-refractivity contribution in [2.75, 3.05) is 0 Å². The average Bonchev–Trinajstić information content (AvgIpc) is 1.96. The number of rotatable bonds is 3. The molecule has 0 saturated carbocycles. The second kappa shape index (κ2) is 4.42. The lowest BCUT2D eigenvalue weighted by Gasteiger charge is -2.10. The van der Waals surface area contributed by atoms with Gasteiger partial charge < -0.3 is 9.84 Å². The van der Waals surface area contributed by atoms with Gasteiger partial charge in [0.15, 0.2) is 0 Å². The zero-order valence-corrected chi connectivity index (χ0v) is 8.34. The topological polar surface area (TPSA) is 46.5 Å². The van der Waals surface area contributed by atoms with Gasteiger partial charge in [0, 0.05) is 12.5 Å². The van der Waals surface area contributed by atoms with Crippen molar-refractivity contribution >= 4 is 5.78 Å². The number of hydrogen-bond donors (Lipinski definition) is 1. The molecular weight excluding hydrogens is 225 g/mol. The molecule has 0 fully saturated rings. The van der Waals surface area contributed by atoms with E-state index in [0.717, 1.165) is 12.1 Å². The highest BCUT2D eigenvalue weighted by Gasteiger charge is 2.31. The maximum Gasteiger partial charge on any atom is 0.573 e. The van der Waals surface area contributed by atoms with Crippen molar-refractivity contribution in [3.8, 4) is 11.5 Å². The van der Waals surface area contributed by atoms with Crippen molar-refractivity contribution in [2.24, 2.45) is 0 Å². The summed E-state index contributed by atoms with van der Waals surface area (Å²) in [4.78, 5) is 10.8. The predicted octanol–water partition coefficient (Wildman–Crippen LogP) is 2.42. The van der Waals surface area contributed by atoms with Gasteiger partial charge in [0.1, 0.15) is 17.3 Å². The van der Waals surface area contributed by atoms with Crippen molar-refractivity contribution in [3.63, 3.8) is 0 Å². The van der Waals surface area contributed by atoms with Gasteiger partial charge in [-0.1, -0.05) is 0 Å². The summed E-state index contributed by atoms with van der Waals surface area (Å²) in [6, 6.07) is 3.11. The predicted molar refractivity (Wildman–Crippen MR) is 49.2 cm³/mol. The Hall–Kier alpha value is -1.72. The van der Waals surface area contributed by atoms with E-state index in [4.69, 9.17) is 5.11 Å². The molecule has 0 bridgehead atoms. The summed E-state index contributed by atoms with van der Waals surface area (Å²) in [5.74, 6) is -1.13. The molecule has 1 aromatic rings. The summed E-state index contributed by atoms with van der Waals surface area (Å²) in [5.41, 5.74) is 0.270. The summed E-state index contributed by atoms with van der Waals surface area (Å²) < 4.78 is 39.3. The standard InChI is InChI=1S/C10H9F3O3/c1-6(14)2-7-3-8(15)5-9(4-7)16-10(11,12)13/h3-5,15H,2H2,1H3. The van der Waals surface area contributed by atoms with Crippen LogP contribution in [-0.4, -0.2) is 17.3 Å². The first-order chi connectivity index (χ1) is 7.26. The number of ether oxygens (including phenoxy) is 1. The number of halogens is 3. The molecule has 0 aliphatic carbocycles. The Morgan fingerprint density at radius 1 is 1.38 bits per heavy atom. The molecule has 0 unspecified atom stereocenters. The highest BCUT2D eigenvalue weighted by Crippen LogP contribution is 2.27. The molecule has 6 heteroatoms. The molecule has 0 aliphatic heterocycles. The van der Waals surface area contributed by atoms with E-state index in [1.807, 2.05) is 0 Å². The monoisotopic (exact) mass is 234 g/mol. The van der Waals surface area contributed by atoms with Crippen LogP contribution in [0.25, 0.3) is 0 Å². The first-order valence-electron chi connectivity index (χ1n) is 4.34. The fourth-order valence-corrected chi connectivity index (χ4v) is 1.23. The summed E-state index contributed by atoms with van der Waals surface area (Å²) in [6.45, 7) is 1.30. The molecule has 3 nitrogen and oxygen atoms in total. The van der Waals surface area contributed by atoms with Gasteiger partial charge in [-0.15, -0.1) is 13.2 Å². The maximum atomic E-state index is 11.9. The van der Waals surface area contributed by atoms with Crippen LogP contribution in [0.3, 0.4) is 0 Å². The molecule has 0 heterocycles. The third kappa shape index (κ3) is 4.20.